The number of nitrogens with zero attached hydrogens (tertiary/aromatic N) is 3. The molecule has 2 aromatic heterocycles. The molecule has 0 amide bonds. The van der Waals surface area contributed by atoms with E-state index < -0.39 is 0 Å². The van der Waals surface area contributed by atoms with E-state index in [-0.39, 0.29) is 6.10 Å². The van der Waals surface area contributed by atoms with Crippen molar-refractivity contribution in [2.45, 2.75) is 38.7 Å². The molecule has 0 spiro atoms. The standard InChI is InChI=1S/C12H15N3O2S/c1-7-13-9(6-18-7)4-11-14-12(17-15-11)5-10(16)8-2-3-8/h6,8,10,16H,2-5H2,1H3. The molecule has 0 aromatic carbocycles. The van der Waals surface area contributed by atoms with Crippen molar-refractivity contribution in [3.8, 4) is 0 Å². The molecule has 1 N–H and O–H groups in total. The van der Waals surface area contributed by atoms with Gasteiger partial charge in [0, 0.05) is 5.38 Å². The van der Waals surface area contributed by atoms with E-state index in [4.69, 9.17) is 4.52 Å². The molecule has 1 aliphatic carbocycles. The first-order valence-electron chi connectivity index (χ1n) is 6.11. The van der Waals surface area contributed by atoms with Crippen molar-refractivity contribution in [2.75, 3.05) is 0 Å². The van der Waals surface area contributed by atoms with Gasteiger partial charge in [0.2, 0.25) is 5.89 Å². The Morgan fingerprint density at radius 1 is 1.50 bits per heavy atom. The minimum atomic E-state index is -0.334. The normalized spacial score (nSPS) is 17.0. The second kappa shape index (κ2) is 4.78. The zero-order chi connectivity index (χ0) is 12.5. The fraction of sp³-hybridized carbons (Fsp3) is 0.583. The summed E-state index contributed by atoms with van der Waals surface area (Å²) >= 11 is 1.62. The highest BCUT2D eigenvalue weighted by molar-refractivity contribution is 7.09. The van der Waals surface area contributed by atoms with Crippen molar-refractivity contribution in [3.05, 3.63) is 27.8 Å². The first-order valence-corrected chi connectivity index (χ1v) is 6.99. The molecule has 3 rings (SSSR count). The maximum Gasteiger partial charge on any atom is 0.229 e. The molecule has 0 saturated heterocycles. The van der Waals surface area contributed by atoms with Crippen molar-refractivity contribution in [1.82, 2.24) is 15.1 Å². The van der Waals surface area contributed by atoms with Crippen LogP contribution in [0.3, 0.4) is 0 Å². The molecule has 2 aromatic rings. The third-order valence-corrected chi connectivity index (χ3v) is 3.89. The number of aliphatic hydroxyl groups is 1. The summed E-state index contributed by atoms with van der Waals surface area (Å²) in [6.45, 7) is 1.97. The Kier molecular flexibility index (Phi) is 3.13. The van der Waals surface area contributed by atoms with Gasteiger partial charge in [-0.25, -0.2) is 4.98 Å². The van der Waals surface area contributed by atoms with Crippen LogP contribution in [0, 0.1) is 12.8 Å². The Bertz CT molecular complexity index is 533. The van der Waals surface area contributed by atoms with Gasteiger partial charge in [0.15, 0.2) is 5.82 Å². The maximum absolute atomic E-state index is 9.81. The van der Waals surface area contributed by atoms with Gasteiger partial charge >= 0.3 is 0 Å². The van der Waals surface area contributed by atoms with Crippen LogP contribution in [0.1, 0.15) is 35.3 Å². The van der Waals surface area contributed by atoms with Gasteiger partial charge in [-0.15, -0.1) is 11.3 Å². The number of rotatable bonds is 5. The number of aromatic nitrogens is 3. The molecular formula is C12H15N3O2S. The lowest BCUT2D eigenvalue weighted by molar-refractivity contribution is 0.140. The first-order chi connectivity index (χ1) is 8.70. The third kappa shape index (κ3) is 2.76. The summed E-state index contributed by atoms with van der Waals surface area (Å²) in [7, 11) is 0. The Morgan fingerprint density at radius 2 is 2.33 bits per heavy atom. The Hall–Kier alpha value is -1.27. The van der Waals surface area contributed by atoms with Gasteiger partial charge < -0.3 is 9.63 Å². The Balaban J connectivity index is 1.62. The Morgan fingerprint density at radius 3 is 3.00 bits per heavy atom. The number of hydrogen-bond acceptors (Lipinski definition) is 6. The molecule has 5 nitrogen and oxygen atoms in total. The van der Waals surface area contributed by atoms with Crippen LogP contribution in [0.2, 0.25) is 0 Å². The van der Waals surface area contributed by atoms with Gasteiger partial charge in [-0.1, -0.05) is 5.16 Å². The zero-order valence-corrected chi connectivity index (χ0v) is 11.0. The van der Waals surface area contributed by atoms with Crippen molar-refractivity contribution in [2.24, 2.45) is 5.92 Å². The van der Waals surface area contributed by atoms with E-state index in [2.05, 4.69) is 15.1 Å². The average molecular weight is 265 g/mol. The minimum Gasteiger partial charge on any atom is -0.392 e. The molecule has 0 bridgehead atoms. The SMILES string of the molecule is Cc1nc(Cc2noc(CC(O)C3CC3)n2)cs1. The molecule has 2 heterocycles. The number of aryl methyl sites for hydroxylation is 1. The smallest absolute Gasteiger partial charge is 0.229 e. The lowest BCUT2D eigenvalue weighted by Crippen LogP contribution is -2.12. The second-order valence-corrected chi connectivity index (χ2v) is 5.81. The van der Waals surface area contributed by atoms with Crippen LogP contribution in [0.15, 0.2) is 9.90 Å². The highest BCUT2D eigenvalue weighted by atomic mass is 32.1. The van der Waals surface area contributed by atoms with Crippen molar-refractivity contribution in [1.29, 1.82) is 0 Å². The predicted molar refractivity (Wildman–Crippen MR) is 66.4 cm³/mol. The van der Waals surface area contributed by atoms with E-state index in [1.807, 2.05) is 12.3 Å². The molecule has 1 saturated carbocycles. The number of thiazole rings is 1. The molecular weight excluding hydrogens is 250 g/mol. The van der Waals surface area contributed by atoms with Gasteiger partial charge in [0.25, 0.3) is 0 Å². The molecule has 0 aliphatic heterocycles. The highest BCUT2D eigenvalue weighted by Gasteiger charge is 2.31. The van der Waals surface area contributed by atoms with Crippen molar-refractivity contribution in [3.63, 3.8) is 0 Å². The number of aliphatic hydroxyl groups excluding tert-OH is 1. The molecule has 1 fully saturated rings. The summed E-state index contributed by atoms with van der Waals surface area (Å²) in [6, 6.07) is 0. The minimum absolute atomic E-state index is 0.334. The summed E-state index contributed by atoms with van der Waals surface area (Å²) in [6.07, 6.45) is 2.95. The fourth-order valence-corrected chi connectivity index (χ4v) is 2.54. The monoisotopic (exact) mass is 265 g/mol. The second-order valence-electron chi connectivity index (χ2n) is 4.75. The summed E-state index contributed by atoms with van der Waals surface area (Å²) in [5.74, 6) is 1.59. The summed E-state index contributed by atoms with van der Waals surface area (Å²) in [5.41, 5.74) is 0.965. The summed E-state index contributed by atoms with van der Waals surface area (Å²) in [5, 5.41) is 16.8. The van der Waals surface area contributed by atoms with Gasteiger partial charge in [-0.05, 0) is 25.7 Å². The van der Waals surface area contributed by atoms with E-state index in [1.165, 1.54) is 0 Å². The van der Waals surface area contributed by atoms with Gasteiger partial charge in [0.05, 0.1) is 29.6 Å². The lowest BCUT2D eigenvalue weighted by atomic mass is 10.2. The quantitative estimate of drug-likeness (QED) is 0.891. The lowest BCUT2D eigenvalue weighted by Gasteiger charge is -2.03. The molecule has 1 aliphatic rings. The van der Waals surface area contributed by atoms with E-state index >= 15 is 0 Å². The topological polar surface area (TPSA) is 72.0 Å². The third-order valence-electron chi connectivity index (χ3n) is 3.07. The van der Waals surface area contributed by atoms with Gasteiger partial charge in [0.1, 0.15) is 0 Å². The molecule has 1 atom stereocenters. The van der Waals surface area contributed by atoms with Crippen molar-refractivity contribution >= 4 is 11.3 Å². The van der Waals surface area contributed by atoms with Crippen LogP contribution in [-0.4, -0.2) is 26.3 Å². The van der Waals surface area contributed by atoms with Crippen LogP contribution in [0.25, 0.3) is 0 Å². The molecule has 6 heteroatoms. The molecule has 18 heavy (non-hydrogen) atoms. The zero-order valence-electron chi connectivity index (χ0n) is 10.2. The van der Waals surface area contributed by atoms with Crippen LogP contribution < -0.4 is 0 Å². The summed E-state index contributed by atoms with van der Waals surface area (Å²) in [4.78, 5) is 8.65. The van der Waals surface area contributed by atoms with E-state index in [0.29, 0.717) is 30.5 Å². The maximum atomic E-state index is 9.81. The van der Waals surface area contributed by atoms with Crippen LogP contribution in [-0.2, 0) is 12.8 Å². The Labute approximate surface area is 109 Å². The van der Waals surface area contributed by atoms with E-state index in [0.717, 1.165) is 23.5 Å². The number of hydrogen-bond donors (Lipinski definition) is 1. The molecule has 1 unspecified atom stereocenters. The highest BCUT2D eigenvalue weighted by Crippen LogP contribution is 2.33. The average Bonchev–Trinajstić information content (AvgIpc) is 2.99. The van der Waals surface area contributed by atoms with Crippen LogP contribution in [0.5, 0.6) is 0 Å². The first kappa shape index (κ1) is 11.8. The van der Waals surface area contributed by atoms with Gasteiger partial charge in [-0.2, -0.15) is 4.98 Å². The largest absolute Gasteiger partial charge is 0.392 e. The van der Waals surface area contributed by atoms with Crippen LogP contribution >= 0.6 is 11.3 Å². The molecule has 96 valence electrons. The van der Waals surface area contributed by atoms with E-state index in [9.17, 15) is 5.11 Å². The fourth-order valence-electron chi connectivity index (χ4n) is 1.92. The molecule has 0 radical (unpaired) electrons. The predicted octanol–water partition coefficient (Wildman–Crippen LogP) is 1.74. The van der Waals surface area contributed by atoms with Gasteiger partial charge in [-0.3, -0.25) is 0 Å². The van der Waals surface area contributed by atoms with Crippen LogP contribution in [0.4, 0.5) is 0 Å². The van der Waals surface area contributed by atoms with Crippen molar-refractivity contribution < 1.29 is 9.63 Å². The summed E-state index contributed by atoms with van der Waals surface area (Å²) < 4.78 is 5.15. The van der Waals surface area contributed by atoms with E-state index in [1.54, 1.807) is 11.3 Å².